The maximum atomic E-state index is 13.7. The average molecular weight is 565 g/mol. The van der Waals surface area contributed by atoms with E-state index in [-0.39, 0.29) is 33.8 Å². The first-order valence-corrected chi connectivity index (χ1v) is 12.6. The van der Waals surface area contributed by atoms with Crippen molar-refractivity contribution in [3.8, 4) is 0 Å². The second kappa shape index (κ2) is 12.1. The van der Waals surface area contributed by atoms with Crippen LogP contribution >= 0.6 is 0 Å². The molecule has 1 unspecified atom stereocenters. The van der Waals surface area contributed by atoms with E-state index < -0.39 is 73.5 Å². The normalized spacial score (nSPS) is 28.5. The zero-order chi connectivity index (χ0) is 39.8. The van der Waals surface area contributed by atoms with Crippen molar-refractivity contribution < 1.29 is 35.6 Å². The Morgan fingerprint density at radius 1 is 1.15 bits per heavy atom. The molecule has 3 aromatic carbocycles. The van der Waals surface area contributed by atoms with Gasteiger partial charge in [-0.2, -0.15) is 0 Å². The van der Waals surface area contributed by atoms with E-state index in [1.165, 1.54) is 19.2 Å². The number of esters is 1. The fourth-order valence-electron chi connectivity index (χ4n) is 4.30. The van der Waals surface area contributed by atoms with E-state index >= 15 is 0 Å². The van der Waals surface area contributed by atoms with E-state index in [0.717, 1.165) is 26.0 Å². The van der Waals surface area contributed by atoms with Gasteiger partial charge >= 0.3 is 5.97 Å². The largest absolute Gasteiger partial charge is 0.465 e. The van der Waals surface area contributed by atoms with Crippen LogP contribution in [0.25, 0.3) is 11.1 Å². The van der Waals surface area contributed by atoms with Gasteiger partial charge in [-0.1, -0.05) is 48.5 Å². The van der Waals surface area contributed by atoms with E-state index in [2.05, 4.69) is 5.32 Å². The molecule has 8 nitrogen and oxygen atoms in total. The third-order valence-corrected chi connectivity index (χ3v) is 6.66. The number of nitrogens with one attached hydrogen (secondary N) is 1. The Morgan fingerprint density at radius 3 is 2.59 bits per heavy atom. The molecule has 8 heteroatoms. The SMILES string of the molecule is [2H]c1c([2H])c2c(c([2H])c1C(=O)OC)NC(=O)/C2=C(\Cc1ccc(N(C)C(=O)C([2H])([2H])N2C([2H])([2H])C([2H])([2H])N(C)C([2H])(C)C2([2H])[2H])cc1)c1ccccc1. The van der Waals surface area contributed by atoms with Crippen molar-refractivity contribution in [2.45, 2.75) is 19.4 Å². The van der Waals surface area contributed by atoms with Crippen LogP contribution in [0.5, 0.6) is 0 Å². The molecule has 0 bridgehead atoms. The Balaban J connectivity index is 1.53. The standard InChI is InChI=1S/C33H36N4O4/c1-22-20-37(17-16-35(22)2)21-30(38)36(3)26-13-10-23(11-14-26)18-28(24-8-6-5-7-9-24)31-27-15-12-25(33(40)41-4)19-29(27)34-32(31)39/h5-15,19,22H,16-18,20-21H2,1-4H3,(H,34,39)/b31-28+/i12D,15D,16D2,17D2,19D,20D2,21D2,22D. The number of carbonyl (C=O) groups is 3. The van der Waals surface area contributed by atoms with Crippen molar-refractivity contribution in [3.63, 3.8) is 0 Å². The Kier molecular flexibility index (Phi) is 4.97. The summed E-state index contributed by atoms with van der Waals surface area (Å²) in [5, 5.41) is 2.57. The molecule has 2 amide bonds. The van der Waals surface area contributed by atoms with Gasteiger partial charge in [-0.15, -0.1) is 0 Å². The third-order valence-electron chi connectivity index (χ3n) is 6.66. The Hall–Kier alpha value is -4.27. The number of anilines is 2. The number of methoxy groups -OCH3 is 1. The quantitative estimate of drug-likeness (QED) is 0.343. The van der Waals surface area contributed by atoms with Gasteiger partial charge in [-0.05, 0) is 61.3 Å². The van der Waals surface area contributed by atoms with Crippen LogP contribution in [-0.4, -0.2) is 80.8 Å². The van der Waals surface area contributed by atoms with Crippen LogP contribution in [0.1, 0.15) is 50.4 Å². The van der Waals surface area contributed by atoms with E-state index in [1.807, 2.05) is 0 Å². The van der Waals surface area contributed by atoms with Gasteiger partial charge in [0.1, 0.15) is 0 Å². The maximum absolute atomic E-state index is 13.7. The number of hydrogen-bond donors (Lipinski definition) is 1. The van der Waals surface area contributed by atoms with E-state index in [4.69, 9.17) is 21.2 Å². The molecule has 0 aliphatic carbocycles. The minimum absolute atomic E-state index is 0.0103. The van der Waals surface area contributed by atoms with Gasteiger partial charge in [0.15, 0.2) is 0 Å². The van der Waals surface area contributed by atoms with Crippen LogP contribution in [0.15, 0.2) is 72.7 Å². The number of allylic oxidation sites excluding steroid dienone is 1. The summed E-state index contributed by atoms with van der Waals surface area (Å²) in [6.45, 7) is -12.3. The monoisotopic (exact) mass is 564 g/mol. The molecular weight excluding hydrogens is 516 g/mol. The molecule has 2 aliphatic heterocycles. The highest BCUT2D eigenvalue weighted by molar-refractivity contribution is 6.37. The van der Waals surface area contributed by atoms with Crippen molar-refractivity contribution in [1.29, 1.82) is 0 Å². The fraction of sp³-hybridized carbons (Fsp3) is 0.303. The van der Waals surface area contributed by atoms with Crippen LogP contribution in [0.2, 0.25) is 0 Å². The zero-order valence-corrected chi connectivity index (χ0v) is 22.9. The molecule has 0 radical (unpaired) electrons. The highest BCUT2D eigenvalue weighted by Gasteiger charge is 2.29. The summed E-state index contributed by atoms with van der Waals surface area (Å²) in [6.07, 6.45) is 0.0444. The van der Waals surface area contributed by atoms with E-state index in [9.17, 15) is 14.4 Å². The summed E-state index contributed by atoms with van der Waals surface area (Å²) >= 11 is 0. The lowest BCUT2D eigenvalue weighted by Gasteiger charge is -2.37. The molecule has 3 aromatic rings. The molecular formula is C33H36N4O4. The van der Waals surface area contributed by atoms with Crippen molar-refractivity contribution in [2.75, 3.05) is 57.4 Å². The maximum Gasteiger partial charge on any atom is 0.337 e. The minimum atomic E-state index is -3.50. The minimum Gasteiger partial charge on any atom is -0.465 e. The first-order chi connectivity index (χ1) is 24.4. The number of benzene rings is 3. The molecule has 0 saturated carbocycles. The molecule has 0 spiro atoms. The number of hydrogen-bond acceptors (Lipinski definition) is 6. The van der Waals surface area contributed by atoms with Crippen molar-refractivity contribution in [3.05, 3.63) is 95.0 Å². The number of amides is 2. The summed E-state index contributed by atoms with van der Waals surface area (Å²) in [4.78, 5) is 40.8. The summed E-state index contributed by atoms with van der Waals surface area (Å²) in [7, 11) is 3.26. The van der Waals surface area contributed by atoms with Crippen LogP contribution in [0.3, 0.4) is 0 Å². The highest BCUT2D eigenvalue weighted by atomic mass is 16.5. The van der Waals surface area contributed by atoms with Crippen LogP contribution in [-0.2, 0) is 20.7 Å². The van der Waals surface area contributed by atoms with Gasteiger partial charge in [-0.3, -0.25) is 14.5 Å². The molecule has 2 aliphatic rings. The number of rotatable bonds is 7. The Morgan fingerprint density at radius 2 is 1.88 bits per heavy atom. The molecule has 1 saturated heterocycles. The number of nitrogens with zero attached hydrogens (tertiary/aromatic N) is 3. The summed E-state index contributed by atoms with van der Waals surface area (Å²) in [5.41, 5.74) is 1.03. The van der Waals surface area contributed by atoms with Gasteiger partial charge in [0.25, 0.3) is 5.91 Å². The van der Waals surface area contributed by atoms with Crippen LogP contribution in [0, 0.1) is 0 Å². The van der Waals surface area contributed by atoms with Crippen LogP contribution < -0.4 is 10.2 Å². The number of likely N-dealkylation sites (N-methyl/N-ethyl adjacent to an activating group) is 2. The molecule has 0 aromatic heterocycles. The zero-order valence-electron chi connectivity index (χ0n) is 34.9. The molecule has 5 rings (SSSR count). The second-order valence-corrected chi connectivity index (χ2v) is 9.30. The van der Waals surface area contributed by atoms with Crippen molar-refractivity contribution in [1.82, 2.24) is 9.80 Å². The first kappa shape index (κ1) is 16.9. The number of piperazine rings is 1. The van der Waals surface area contributed by atoms with Crippen molar-refractivity contribution in [2.24, 2.45) is 0 Å². The molecule has 1 N–H and O–H groups in total. The first-order valence-electron chi connectivity index (χ1n) is 18.6. The molecule has 1 fully saturated rings. The molecule has 2 heterocycles. The number of carbonyl (C=O) groups excluding carboxylic acids is 3. The number of ether oxygens (including phenoxy) is 1. The highest BCUT2D eigenvalue weighted by Crippen LogP contribution is 2.39. The average Bonchev–Trinajstić information content (AvgIpc) is 3.45. The van der Waals surface area contributed by atoms with E-state index in [1.54, 1.807) is 42.5 Å². The van der Waals surface area contributed by atoms with E-state index in [0.29, 0.717) is 21.6 Å². The summed E-state index contributed by atoms with van der Waals surface area (Å²) < 4.78 is 107. The predicted octanol–water partition coefficient (Wildman–Crippen LogP) is 4.18. The van der Waals surface area contributed by atoms with Crippen molar-refractivity contribution >= 4 is 40.3 Å². The molecule has 1 atom stereocenters. The van der Waals surface area contributed by atoms with Gasteiger partial charge in [0.2, 0.25) is 5.91 Å². The fourth-order valence-corrected chi connectivity index (χ4v) is 4.30. The Bertz CT molecular complexity index is 2010. The molecule has 212 valence electrons. The summed E-state index contributed by atoms with van der Waals surface area (Å²) in [5.74, 6) is -3.10. The second-order valence-electron chi connectivity index (χ2n) is 9.30. The molecule has 41 heavy (non-hydrogen) atoms. The lowest BCUT2D eigenvalue weighted by Crippen LogP contribution is -2.52. The Labute approximate surface area is 258 Å². The predicted molar refractivity (Wildman–Crippen MR) is 162 cm³/mol. The van der Waals surface area contributed by atoms with Gasteiger partial charge in [0.05, 0.1) is 31.6 Å². The lowest BCUT2D eigenvalue weighted by atomic mass is 9.90. The third kappa shape index (κ3) is 6.09. The topological polar surface area (TPSA) is 82.2 Å². The lowest BCUT2D eigenvalue weighted by molar-refractivity contribution is -0.120. The number of fused-ring (bicyclic) bond motifs is 1. The summed E-state index contributed by atoms with van der Waals surface area (Å²) in [6, 6.07) is 10.6. The van der Waals surface area contributed by atoms with Gasteiger partial charge < -0.3 is 19.9 Å². The van der Waals surface area contributed by atoms with Gasteiger partial charge in [-0.25, -0.2) is 4.79 Å². The van der Waals surface area contributed by atoms with Gasteiger partial charge in [0, 0.05) is 59.1 Å². The van der Waals surface area contributed by atoms with Crippen LogP contribution in [0.4, 0.5) is 11.4 Å². The smallest absolute Gasteiger partial charge is 0.337 e.